The third-order valence-electron chi connectivity index (χ3n) is 5.20. The molecule has 2 heterocycles. The van der Waals surface area contributed by atoms with Crippen LogP contribution in [0.1, 0.15) is 22.3 Å². The van der Waals surface area contributed by atoms with Crippen molar-refractivity contribution in [3.05, 3.63) is 39.7 Å². The Morgan fingerprint density at radius 3 is 2.62 bits per heavy atom. The number of benzene rings is 1. The fourth-order valence-corrected chi connectivity index (χ4v) is 4.15. The Hall–Kier alpha value is -2.61. The standard InChI is InChI=1S/C20H23ClF3N5O4S/c1-28-5-7-29(8-6-28)4-2-3-25-20(32)26-18-14(19(30)31)17(27-34-18)33-10-11-13(22)9-12(21)16(24)15(11)23/h9H,2-8,10H2,1H3,(H,30,31)(H2,25,26,32). The molecule has 0 unspecified atom stereocenters. The molecule has 34 heavy (non-hydrogen) atoms. The van der Waals surface area contributed by atoms with Crippen molar-refractivity contribution in [2.24, 2.45) is 0 Å². The molecule has 0 spiro atoms. The molecular formula is C20H23ClF3N5O4S. The van der Waals surface area contributed by atoms with Crippen LogP contribution >= 0.6 is 23.1 Å². The van der Waals surface area contributed by atoms with E-state index in [0.717, 1.165) is 39.1 Å². The first kappa shape index (κ1) is 26.0. The summed E-state index contributed by atoms with van der Waals surface area (Å²) in [5, 5.41) is 13.7. The van der Waals surface area contributed by atoms with E-state index in [9.17, 15) is 27.9 Å². The number of aromatic carboxylic acids is 1. The molecular weight excluding hydrogens is 499 g/mol. The van der Waals surface area contributed by atoms with Crippen LogP contribution in [0.3, 0.4) is 0 Å². The third kappa shape index (κ3) is 6.50. The number of halogens is 4. The number of likely N-dealkylation sites (N-methyl/N-ethyl adjacent to an activating group) is 1. The summed E-state index contributed by atoms with van der Waals surface area (Å²) in [6.07, 6.45) is 0.717. The lowest BCUT2D eigenvalue weighted by Crippen LogP contribution is -2.45. The van der Waals surface area contributed by atoms with Gasteiger partial charge in [0, 0.05) is 32.7 Å². The summed E-state index contributed by atoms with van der Waals surface area (Å²) >= 11 is 6.00. The number of anilines is 1. The third-order valence-corrected chi connectivity index (χ3v) is 6.22. The number of carboxylic acid groups (broad SMARTS) is 1. The Balaban J connectivity index is 1.55. The first-order valence-electron chi connectivity index (χ1n) is 10.3. The summed E-state index contributed by atoms with van der Waals surface area (Å²) in [6.45, 7) is 4.28. The van der Waals surface area contributed by atoms with Gasteiger partial charge in [-0.2, -0.15) is 4.37 Å². The number of hydrogen-bond donors (Lipinski definition) is 3. The number of carboxylic acids is 1. The van der Waals surface area contributed by atoms with Gasteiger partial charge in [-0.15, -0.1) is 0 Å². The average molecular weight is 522 g/mol. The Labute approximate surface area is 202 Å². The van der Waals surface area contributed by atoms with Crippen LogP contribution in [0.5, 0.6) is 5.88 Å². The second-order valence-electron chi connectivity index (χ2n) is 7.61. The van der Waals surface area contributed by atoms with Gasteiger partial charge in [0.2, 0.25) is 5.88 Å². The molecule has 3 N–H and O–H groups in total. The number of rotatable bonds is 9. The number of ether oxygens (including phenoxy) is 1. The molecule has 0 atom stereocenters. The number of hydrogen-bond acceptors (Lipinski definition) is 7. The van der Waals surface area contributed by atoms with Crippen molar-refractivity contribution in [1.29, 1.82) is 0 Å². The maximum atomic E-state index is 14.0. The Bertz CT molecular complexity index is 1050. The lowest BCUT2D eigenvalue weighted by Gasteiger charge is -2.32. The van der Waals surface area contributed by atoms with Crippen molar-refractivity contribution in [1.82, 2.24) is 19.5 Å². The molecule has 1 aromatic heterocycles. The van der Waals surface area contributed by atoms with Gasteiger partial charge in [-0.3, -0.25) is 5.32 Å². The Kier molecular flexibility index (Phi) is 8.94. The molecule has 1 aliphatic rings. The zero-order valence-corrected chi connectivity index (χ0v) is 19.7. The van der Waals surface area contributed by atoms with E-state index in [1.807, 2.05) is 0 Å². The monoisotopic (exact) mass is 521 g/mol. The maximum Gasteiger partial charge on any atom is 0.344 e. The molecule has 0 saturated carbocycles. The molecule has 0 aliphatic carbocycles. The summed E-state index contributed by atoms with van der Waals surface area (Å²) in [5.74, 6) is -6.11. The molecule has 1 aromatic carbocycles. The number of carbonyl (C=O) groups excluding carboxylic acids is 1. The number of urea groups is 1. The van der Waals surface area contributed by atoms with Gasteiger partial charge < -0.3 is 25.0 Å². The summed E-state index contributed by atoms with van der Waals surface area (Å²) in [7, 11) is 2.07. The van der Waals surface area contributed by atoms with Crippen LogP contribution in [-0.2, 0) is 6.61 Å². The quantitative estimate of drug-likeness (QED) is 0.264. The summed E-state index contributed by atoms with van der Waals surface area (Å²) in [4.78, 5) is 28.4. The molecule has 1 saturated heterocycles. The van der Waals surface area contributed by atoms with Crippen LogP contribution in [0.15, 0.2) is 6.07 Å². The molecule has 2 aromatic rings. The smallest absolute Gasteiger partial charge is 0.344 e. The number of aromatic nitrogens is 1. The highest BCUT2D eigenvalue weighted by atomic mass is 35.5. The minimum atomic E-state index is -1.55. The fraction of sp³-hybridized carbons (Fsp3) is 0.450. The van der Waals surface area contributed by atoms with Crippen molar-refractivity contribution in [3.8, 4) is 5.88 Å². The van der Waals surface area contributed by atoms with E-state index in [2.05, 4.69) is 31.9 Å². The van der Waals surface area contributed by atoms with E-state index in [1.165, 1.54) is 0 Å². The van der Waals surface area contributed by atoms with Gasteiger partial charge in [0.15, 0.2) is 17.2 Å². The molecule has 14 heteroatoms. The lowest BCUT2D eigenvalue weighted by molar-refractivity contribution is 0.0693. The van der Waals surface area contributed by atoms with Gasteiger partial charge >= 0.3 is 12.0 Å². The fourth-order valence-electron chi connectivity index (χ4n) is 3.25. The van der Waals surface area contributed by atoms with E-state index < -0.39 is 58.1 Å². The van der Waals surface area contributed by atoms with Crippen LogP contribution in [0, 0.1) is 17.5 Å². The zero-order valence-electron chi connectivity index (χ0n) is 18.2. The molecule has 186 valence electrons. The van der Waals surface area contributed by atoms with Gasteiger partial charge in [0.05, 0.1) is 10.6 Å². The van der Waals surface area contributed by atoms with Crippen LogP contribution < -0.4 is 15.4 Å². The number of piperazine rings is 1. The molecule has 0 bridgehead atoms. The van der Waals surface area contributed by atoms with Crippen LogP contribution in [-0.4, -0.2) is 77.6 Å². The van der Waals surface area contributed by atoms with Crippen molar-refractivity contribution in [2.75, 3.05) is 51.6 Å². The van der Waals surface area contributed by atoms with E-state index in [4.69, 9.17) is 16.3 Å². The molecule has 1 fully saturated rings. The Morgan fingerprint density at radius 1 is 1.24 bits per heavy atom. The largest absolute Gasteiger partial charge is 0.477 e. The van der Waals surface area contributed by atoms with Gasteiger partial charge in [0.25, 0.3) is 0 Å². The number of carbonyl (C=O) groups is 2. The second-order valence-corrected chi connectivity index (χ2v) is 8.79. The molecule has 3 rings (SSSR count). The Morgan fingerprint density at radius 2 is 1.94 bits per heavy atom. The van der Waals surface area contributed by atoms with Gasteiger partial charge in [0.1, 0.15) is 17.4 Å². The average Bonchev–Trinajstić information content (AvgIpc) is 3.18. The van der Waals surface area contributed by atoms with Crippen molar-refractivity contribution in [2.45, 2.75) is 13.0 Å². The predicted octanol–water partition coefficient (Wildman–Crippen LogP) is 3.25. The van der Waals surface area contributed by atoms with Gasteiger partial charge in [-0.25, -0.2) is 22.8 Å². The topological polar surface area (TPSA) is 107 Å². The summed E-state index contributed by atoms with van der Waals surface area (Å²) < 4.78 is 50.4. The lowest BCUT2D eigenvalue weighted by atomic mass is 10.2. The van der Waals surface area contributed by atoms with Crippen LogP contribution in [0.4, 0.5) is 23.0 Å². The van der Waals surface area contributed by atoms with Crippen molar-refractivity contribution < 1.29 is 32.6 Å². The number of amides is 2. The van der Waals surface area contributed by atoms with Gasteiger partial charge in [-0.05, 0) is 37.6 Å². The normalized spacial score (nSPS) is 14.7. The number of nitrogens with zero attached hydrogens (tertiary/aromatic N) is 3. The first-order valence-corrected chi connectivity index (χ1v) is 11.5. The highest BCUT2D eigenvalue weighted by molar-refractivity contribution is 7.11. The maximum absolute atomic E-state index is 14.0. The molecule has 2 amide bonds. The summed E-state index contributed by atoms with van der Waals surface area (Å²) in [5.41, 5.74) is -1.27. The summed E-state index contributed by atoms with van der Waals surface area (Å²) in [6, 6.07) is -0.0493. The van der Waals surface area contributed by atoms with Crippen LogP contribution in [0.2, 0.25) is 5.02 Å². The van der Waals surface area contributed by atoms with Gasteiger partial charge in [-0.1, -0.05) is 11.6 Å². The highest BCUT2D eigenvalue weighted by Gasteiger charge is 2.25. The van der Waals surface area contributed by atoms with Crippen LogP contribution in [0.25, 0.3) is 0 Å². The number of nitrogens with one attached hydrogen (secondary N) is 2. The van der Waals surface area contributed by atoms with Crippen molar-refractivity contribution in [3.63, 3.8) is 0 Å². The van der Waals surface area contributed by atoms with Crippen molar-refractivity contribution >= 4 is 40.1 Å². The van der Waals surface area contributed by atoms with E-state index in [1.54, 1.807) is 0 Å². The van der Waals surface area contributed by atoms with E-state index in [-0.39, 0.29) is 5.00 Å². The van der Waals surface area contributed by atoms with E-state index >= 15 is 0 Å². The minimum absolute atomic E-state index is 0.123. The SMILES string of the molecule is CN1CCN(CCCNC(=O)Nc2snc(OCc3c(F)cc(Cl)c(F)c3F)c2C(=O)O)CC1. The molecule has 1 aliphatic heterocycles. The first-order chi connectivity index (χ1) is 16.2. The van der Waals surface area contributed by atoms with E-state index in [0.29, 0.717) is 24.1 Å². The minimum Gasteiger partial charge on any atom is -0.477 e. The predicted molar refractivity (Wildman–Crippen MR) is 120 cm³/mol. The molecule has 0 radical (unpaired) electrons. The molecule has 9 nitrogen and oxygen atoms in total. The zero-order chi connectivity index (χ0) is 24.8. The highest BCUT2D eigenvalue weighted by Crippen LogP contribution is 2.32. The second kappa shape index (κ2) is 11.7.